The molecule has 0 bridgehead atoms. The molecule has 0 aliphatic heterocycles. The average molecular weight is 494 g/mol. The number of carboxylic acids is 1. The molecule has 0 fully saturated rings. The molecule has 0 aliphatic rings. The van der Waals surface area contributed by atoms with Gasteiger partial charge in [-0.1, -0.05) is 48.5 Å². The van der Waals surface area contributed by atoms with Crippen LogP contribution in [0.2, 0.25) is 0 Å². The number of rotatable bonds is 8. The minimum Gasteiger partial charge on any atom is -0.480 e. The second-order valence-electron chi connectivity index (χ2n) is 9.59. The average Bonchev–Trinajstić information content (AvgIpc) is 3.41. The Labute approximate surface area is 216 Å². The summed E-state index contributed by atoms with van der Waals surface area (Å²) in [6.07, 6.45) is 3.54. The van der Waals surface area contributed by atoms with Crippen molar-refractivity contribution in [2.24, 2.45) is 0 Å². The molecule has 1 heterocycles. The van der Waals surface area contributed by atoms with Gasteiger partial charge < -0.3 is 24.8 Å². The van der Waals surface area contributed by atoms with E-state index in [0.717, 1.165) is 50.0 Å². The number of aromatic amines is 1. The highest BCUT2D eigenvalue weighted by Gasteiger charge is 2.31. The van der Waals surface area contributed by atoms with Crippen molar-refractivity contribution in [3.05, 3.63) is 91.0 Å². The van der Waals surface area contributed by atoms with Crippen molar-refractivity contribution in [2.75, 3.05) is 42.9 Å². The fourth-order valence-corrected chi connectivity index (χ4v) is 5.11. The predicted molar refractivity (Wildman–Crippen MR) is 152 cm³/mol. The smallest absolute Gasteiger partial charge is 0.327 e. The summed E-state index contributed by atoms with van der Waals surface area (Å²) in [5.74, 6) is -0.906. The number of hydrogen-bond acceptors (Lipinski definition) is 5. The van der Waals surface area contributed by atoms with E-state index < -0.39 is 12.0 Å². The normalized spacial score (nSPS) is 12.0. The van der Waals surface area contributed by atoms with Crippen LogP contribution in [0.5, 0.6) is 0 Å². The van der Waals surface area contributed by atoms with Gasteiger partial charge in [0.1, 0.15) is 6.04 Å². The van der Waals surface area contributed by atoms with Gasteiger partial charge >= 0.3 is 5.97 Å². The first-order chi connectivity index (χ1) is 17.9. The molecule has 0 spiro atoms. The maximum absolute atomic E-state index is 12.9. The third-order valence-electron chi connectivity index (χ3n) is 6.80. The molecule has 0 saturated carbocycles. The zero-order valence-electron chi connectivity index (χ0n) is 21.5. The summed E-state index contributed by atoms with van der Waals surface area (Å²) < 4.78 is 0. The maximum atomic E-state index is 12.9. The third kappa shape index (κ3) is 4.44. The highest BCUT2D eigenvalue weighted by Crippen LogP contribution is 2.41. The number of aromatic nitrogens is 2. The van der Waals surface area contributed by atoms with E-state index in [-0.39, 0.29) is 6.42 Å². The van der Waals surface area contributed by atoms with Crippen molar-refractivity contribution in [1.82, 2.24) is 9.97 Å². The first-order valence-electron chi connectivity index (χ1n) is 12.2. The van der Waals surface area contributed by atoms with Crippen LogP contribution in [0, 0.1) is 0 Å². The maximum Gasteiger partial charge on any atom is 0.327 e. The molecule has 0 amide bonds. The zero-order valence-corrected chi connectivity index (χ0v) is 21.5. The van der Waals surface area contributed by atoms with Crippen molar-refractivity contribution in [1.29, 1.82) is 0 Å². The Hall–Kier alpha value is -4.52. The lowest BCUT2D eigenvalue weighted by Gasteiger charge is -2.33. The number of nitrogens with one attached hydrogen (secondary N) is 1. The van der Waals surface area contributed by atoms with Crippen LogP contribution in [0.25, 0.3) is 21.5 Å². The third-order valence-corrected chi connectivity index (χ3v) is 6.80. The van der Waals surface area contributed by atoms with Crippen molar-refractivity contribution >= 4 is 50.3 Å². The molecule has 7 nitrogen and oxygen atoms in total. The molecule has 0 unspecified atom stereocenters. The standard InChI is InChI=1S/C30H31N5O2/c1-33(2)25-13-5-11-23-21(25)9-7-15-27(23)35(29(30(36)37)17-20-18-31-19-32-20)28-16-8-10-22-24(28)12-6-14-26(22)34(3)4/h5-16,18-19,29H,17H2,1-4H3,(H,31,32)(H,36,37)/t29-/m0/s1. The van der Waals surface area contributed by atoms with Crippen LogP contribution in [0.15, 0.2) is 85.3 Å². The van der Waals surface area contributed by atoms with E-state index in [2.05, 4.69) is 56.2 Å². The first-order valence-corrected chi connectivity index (χ1v) is 12.2. The van der Waals surface area contributed by atoms with Gasteiger partial charge in [-0.2, -0.15) is 0 Å². The Morgan fingerprint density at radius 2 is 1.19 bits per heavy atom. The molecule has 5 aromatic rings. The molecule has 7 heteroatoms. The van der Waals surface area contributed by atoms with Crippen molar-refractivity contribution in [3.8, 4) is 0 Å². The number of carboxylic acid groups (broad SMARTS) is 1. The highest BCUT2D eigenvalue weighted by atomic mass is 16.4. The second kappa shape index (κ2) is 9.85. The minimum atomic E-state index is -0.906. The van der Waals surface area contributed by atoms with Crippen molar-refractivity contribution in [2.45, 2.75) is 12.5 Å². The summed E-state index contributed by atoms with van der Waals surface area (Å²) in [6.45, 7) is 0. The van der Waals surface area contributed by atoms with Gasteiger partial charge in [-0.15, -0.1) is 0 Å². The van der Waals surface area contributed by atoms with Gasteiger partial charge in [0, 0.05) is 90.8 Å². The van der Waals surface area contributed by atoms with E-state index in [0.29, 0.717) is 0 Å². The molecular weight excluding hydrogens is 462 g/mol. The molecule has 2 N–H and O–H groups in total. The van der Waals surface area contributed by atoms with Gasteiger partial charge in [0.05, 0.1) is 6.33 Å². The lowest BCUT2D eigenvalue weighted by molar-refractivity contribution is -0.138. The van der Waals surface area contributed by atoms with Gasteiger partial charge in [0.15, 0.2) is 0 Å². The van der Waals surface area contributed by atoms with Gasteiger partial charge in [-0.25, -0.2) is 9.78 Å². The number of aliphatic carboxylic acids is 1. The summed E-state index contributed by atoms with van der Waals surface area (Å²) >= 11 is 0. The topological polar surface area (TPSA) is 75.7 Å². The van der Waals surface area contributed by atoms with Crippen molar-refractivity contribution < 1.29 is 9.90 Å². The fourth-order valence-electron chi connectivity index (χ4n) is 5.11. The fraction of sp³-hybridized carbons (Fsp3) is 0.200. The van der Waals surface area contributed by atoms with E-state index in [1.165, 1.54) is 0 Å². The molecule has 5 rings (SSSR count). The van der Waals surface area contributed by atoms with E-state index in [9.17, 15) is 9.90 Å². The van der Waals surface area contributed by atoms with Gasteiger partial charge in [0.25, 0.3) is 0 Å². The highest BCUT2D eigenvalue weighted by molar-refractivity contribution is 6.08. The Bertz CT molecular complexity index is 1470. The summed E-state index contributed by atoms with van der Waals surface area (Å²) in [5.41, 5.74) is 4.60. The van der Waals surface area contributed by atoms with Gasteiger partial charge in [0.2, 0.25) is 0 Å². The number of nitrogens with zero attached hydrogens (tertiary/aromatic N) is 4. The van der Waals surface area contributed by atoms with Crippen LogP contribution >= 0.6 is 0 Å². The summed E-state index contributed by atoms with van der Waals surface area (Å²) in [7, 11) is 8.08. The first kappa shape index (κ1) is 24.2. The number of benzene rings is 4. The largest absolute Gasteiger partial charge is 0.480 e. The van der Waals surface area contributed by atoms with Gasteiger partial charge in [-0.05, 0) is 24.3 Å². The molecule has 4 aromatic carbocycles. The Morgan fingerprint density at radius 3 is 1.57 bits per heavy atom. The van der Waals surface area contributed by atoms with E-state index in [1.807, 2.05) is 69.5 Å². The van der Waals surface area contributed by atoms with Crippen LogP contribution in [0.3, 0.4) is 0 Å². The van der Waals surface area contributed by atoms with Gasteiger partial charge in [-0.3, -0.25) is 0 Å². The molecule has 37 heavy (non-hydrogen) atoms. The number of imidazole rings is 1. The van der Waals surface area contributed by atoms with Crippen LogP contribution in [-0.4, -0.2) is 55.3 Å². The molecule has 1 aromatic heterocycles. The molecule has 0 saturated heterocycles. The quantitative estimate of drug-likeness (QED) is 0.290. The Morgan fingerprint density at radius 1 is 0.757 bits per heavy atom. The number of fused-ring (bicyclic) bond motifs is 2. The number of carbonyl (C=O) groups is 1. The second-order valence-corrected chi connectivity index (χ2v) is 9.59. The number of H-pyrrole nitrogens is 1. The summed E-state index contributed by atoms with van der Waals surface area (Å²) in [4.78, 5) is 26.3. The van der Waals surface area contributed by atoms with Crippen LogP contribution < -0.4 is 14.7 Å². The lowest BCUT2D eigenvalue weighted by Crippen LogP contribution is -2.40. The molecule has 0 radical (unpaired) electrons. The molecule has 188 valence electrons. The number of anilines is 4. The lowest BCUT2D eigenvalue weighted by atomic mass is 9.99. The monoisotopic (exact) mass is 493 g/mol. The molecular formula is C30H31N5O2. The summed E-state index contributed by atoms with van der Waals surface area (Å²) in [6, 6.07) is 23.7. The SMILES string of the molecule is CN(C)c1cccc2c(N(c3cccc4c(N(C)C)cccc34)[C@@H](Cc3cnc[nH]3)C(=O)O)cccc12. The zero-order chi connectivity index (χ0) is 26.1. The Kier molecular flexibility index (Phi) is 6.44. The molecule has 1 atom stereocenters. The minimum absolute atomic E-state index is 0.267. The van der Waals surface area contributed by atoms with Crippen molar-refractivity contribution in [3.63, 3.8) is 0 Å². The van der Waals surface area contributed by atoms with Crippen LogP contribution in [0.4, 0.5) is 22.7 Å². The van der Waals surface area contributed by atoms with Crippen LogP contribution in [0.1, 0.15) is 5.69 Å². The summed E-state index contributed by atoms with van der Waals surface area (Å²) in [5, 5.41) is 14.7. The van der Waals surface area contributed by atoms with Crippen LogP contribution in [-0.2, 0) is 11.2 Å². The molecule has 0 aliphatic carbocycles. The van der Waals surface area contributed by atoms with E-state index in [4.69, 9.17) is 0 Å². The predicted octanol–water partition coefficient (Wildman–Crippen LogP) is 5.68. The number of hydrogen-bond donors (Lipinski definition) is 2. The van der Waals surface area contributed by atoms with E-state index >= 15 is 0 Å². The van der Waals surface area contributed by atoms with E-state index in [1.54, 1.807) is 12.5 Å². The Balaban J connectivity index is 1.82.